The van der Waals surface area contributed by atoms with Crippen molar-refractivity contribution in [2.75, 3.05) is 18.8 Å². The van der Waals surface area contributed by atoms with E-state index in [1.807, 2.05) is 0 Å². The molecule has 0 bridgehead atoms. The normalized spacial score (nSPS) is 21.2. The van der Waals surface area contributed by atoms with Gasteiger partial charge in [-0.1, -0.05) is 18.2 Å². The maximum Gasteiger partial charge on any atom is 0.289 e. The van der Waals surface area contributed by atoms with Crippen LogP contribution in [0.2, 0.25) is 0 Å². The van der Waals surface area contributed by atoms with Crippen molar-refractivity contribution < 1.29 is 21.8 Å². The molecule has 8 nitrogen and oxygen atoms in total. The Morgan fingerprint density at radius 3 is 2.54 bits per heavy atom. The quantitative estimate of drug-likeness (QED) is 0.557. The molecular formula is C15H16N2O6S3. The van der Waals surface area contributed by atoms with Gasteiger partial charge in [0.2, 0.25) is 10.0 Å². The summed E-state index contributed by atoms with van der Waals surface area (Å²) in [5.74, 6) is -0.324. The van der Waals surface area contributed by atoms with Crippen LogP contribution in [0.25, 0.3) is 0 Å². The van der Waals surface area contributed by atoms with E-state index in [1.54, 1.807) is 17.5 Å². The fourth-order valence-corrected chi connectivity index (χ4v) is 7.66. The largest absolute Gasteiger partial charge is 0.289 e. The number of nitro groups is 1. The molecule has 0 saturated carbocycles. The van der Waals surface area contributed by atoms with Gasteiger partial charge in [0.15, 0.2) is 14.7 Å². The number of rotatable bonds is 4. The van der Waals surface area contributed by atoms with E-state index >= 15 is 0 Å². The number of sulfonamides is 1. The van der Waals surface area contributed by atoms with Crippen LogP contribution in [-0.2, 0) is 19.9 Å². The second kappa shape index (κ2) is 7.06. The lowest BCUT2D eigenvalue weighted by Gasteiger charge is -2.19. The van der Waals surface area contributed by atoms with Crippen molar-refractivity contribution in [3.63, 3.8) is 0 Å². The number of hydrogen-bond acceptors (Lipinski definition) is 7. The first-order chi connectivity index (χ1) is 12.2. The van der Waals surface area contributed by atoms with Gasteiger partial charge in [-0.15, -0.1) is 11.3 Å². The first-order valence-corrected chi connectivity index (χ1v) is 11.8. The van der Waals surface area contributed by atoms with Crippen LogP contribution < -0.4 is 0 Å². The van der Waals surface area contributed by atoms with Crippen molar-refractivity contribution >= 4 is 36.9 Å². The number of hydrogen-bond donors (Lipinski definition) is 0. The minimum absolute atomic E-state index is 0.0177. The first-order valence-electron chi connectivity index (χ1n) is 7.72. The zero-order chi connectivity index (χ0) is 18.9. The molecule has 140 valence electrons. The molecule has 0 amide bonds. The van der Waals surface area contributed by atoms with Crippen molar-refractivity contribution in [1.82, 2.24) is 4.31 Å². The Hall–Kier alpha value is -1.82. The van der Waals surface area contributed by atoms with Gasteiger partial charge in [-0.05, 0) is 23.9 Å². The van der Waals surface area contributed by atoms with Crippen LogP contribution in [0, 0.1) is 10.1 Å². The molecule has 0 radical (unpaired) electrons. The van der Waals surface area contributed by atoms with Crippen molar-refractivity contribution in [1.29, 1.82) is 0 Å². The molecule has 0 aliphatic carbocycles. The maximum atomic E-state index is 12.9. The topological polar surface area (TPSA) is 115 Å². The minimum Gasteiger partial charge on any atom is -0.258 e. The van der Waals surface area contributed by atoms with Crippen molar-refractivity contribution in [3.8, 4) is 0 Å². The zero-order valence-corrected chi connectivity index (χ0v) is 16.0. The SMILES string of the molecule is O=[N+]([O-])c1ccccc1S(=O)(=O)N1CCC(c2cccs2)S(=O)(=O)CC1. The van der Waals surface area contributed by atoms with E-state index in [2.05, 4.69) is 0 Å². The van der Waals surface area contributed by atoms with Gasteiger partial charge in [0.25, 0.3) is 5.69 Å². The maximum absolute atomic E-state index is 12.9. The summed E-state index contributed by atoms with van der Waals surface area (Å²) in [7, 11) is -7.69. The molecule has 26 heavy (non-hydrogen) atoms. The van der Waals surface area contributed by atoms with Crippen molar-refractivity contribution in [3.05, 3.63) is 56.8 Å². The molecule has 11 heteroatoms. The second-order valence-corrected chi connectivity index (χ2v) is 11.0. The number of para-hydroxylation sites is 1. The van der Waals surface area contributed by atoms with Crippen LogP contribution in [0.15, 0.2) is 46.7 Å². The third-order valence-corrected chi connectivity index (χ3v) is 9.43. The highest BCUT2D eigenvalue weighted by Crippen LogP contribution is 2.34. The summed E-state index contributed by atoms with van der Waals surface area (Å²) in [6.45, 7) is -0.241. The molecule has 1 aliphatic heterocycles. The van der Waals surface area contributed by atoms with Gasteiger partial charge >= 0.3 is 0 Å². The fraction of sp³-hybridized carbons (Fsp3) is 0.333. The number of thiophene rings is 1. The van der Waals surface area contributed by atoms with Crippen LogP contribution in [-0.4, -0.2) is 44.9 Å². The van der Waals surface area contributed by atoms with Gasteiger partial charge < -0.3 is 0 Å². The molecule has 1 atom stereocenters. The molecular weight excluding hydrogens is 400 g/mol. The Morgan fingerprint density at radius 1 is 1.15 bits per heavy atom. The van der Waals surface area contributed by atoms with Crippen LogP contribution in [0.1, 0.15) is 16.5 Å². The average Bonchev–Trinajstić information content (AvgIpc) is 3.05. The van der Waals surface area contributed by atoms with Crippen LogP contribution in [0.5, 0.6) is 0 Å². The number of nitro benzene ring substituents is 1. The molecule has 1 fully saturated rings. The Bertz CT molecular complexity index is 1020. The summed E-state index contributed by atoms with van der Waals surface area (Å²) in [5, 5.41) is 12.2. The molecule has 1 unspecified atom stereocenters. The molecule has 1 saturated heterocycles. The van der Waals surface area contributed by atoms with Crippen LogP contribution >= 0.6 is 11.3 Å². The zero-order valence-electron chi connectivity index (χ0n) is 13.5. The van der Waals surface area contributed by atoms with E-state index in [9.17, 15) is 26.9 Å². The standard InChI is InChI=1S/C15H16N2O6S3/c18-17(19)12-4-1-2-6-14(12)26(22,23)16-8-7-15(13-5-3-10-24-13)25(20,21)11-9-16/h1-6,10,15H,7-9,11H2. The summed E-state index contributed by atoms with van der Waals surface area (Å²) in [6, 6.07) is 8.56. The molecule has 0 spiro atoms. The predicted octanol–water partition coefficient (Wildman–Crippen LogP) is 2.21. The first kappa shape index (κ1) is 19.0. The second-order valence-electron chi connectivity index (χ2n) is 5.79. The van der Waals surface area contributed by atoms with E-state index in [-0.39, 0.29) is 25.3 Å². The lowest BCUT2D eigenvalue weighted by atomic mass is 10.2. The minimum atomic E-state index is -4.17. The van der Waals surface area contributed by atoms with E-state index < -0.39 is 40.6 Å². The van der Waals surface area contributed by atoms with Gasteiger partial charge in [-0.2, -0.15) is 4.31 Å². The summed E-state index contributed by atoms with van der Waals surface area (Å²) < 4.78 is 51.9. The van der Waals surface area contributed by atoms with Gasteiger partial charge in [0.05, 0.1) is 15.9 Å². The molecule has 3 rings (SSSR count). The van der Waals surface area contributed by atoms with Gasteiger partial charge in [0, 0.05) is 24.0 Å². The van der Waals surface area contributed by atoms with Crippen molar-refractivity contribution in [2.24, 2.45) is 0 Å². The van der Waals surface area contributed by atoms with E-state index in [1.165, 1.54) is 29.5 Å². The highest BCUT2D eigenvalue weighted by Gasteiger charge is 2.38. The Balaban J connectivity index is 1.95. The Labute approximate surface area is 155 Å². The predicted molar refractivity (Wildman–Crippen MR) is 97.3 cm³/mol. The summed E-state index contributed by atoms with van der Waals surface area (Å²) in [5.41, 5.74) is -0.519. The summed E-state index contributed by atoms with van der Waals surface area (Å²) >= 11 is 1.32. The van der Waals surface area contributed by atoms with Crippen LogP contribution in [0.3, 0.4) is 0 Å². The number of nitrogens with zero attached hydrogens (tertiary/aromatic N) is 2. The Kier molecular flexibility index (Phi) is 5.15. The van der Waals surface area contributed by atoms with Crippen molar-refractivity contribution in [2.45, 2.75) is 16.6 Å². The monoisotopic (exact) mass is 416 g/mol. The summed E-state index contributed by atoms with van der Waals surface area (Å²) in [6.07, 6.45) is 0.114. The fourth-order valence-electron chi connectivity index (χ4n) is 2.92. The van der Waals surface area contributed by atoms with E-state index in [0.717, 1.165) is 10.4 Å². The molecule has 2 heterocycles. The summed E-state index contributed by atoms with van der Waals surface area (Å²) in [4.78, 5) is 10.7. The lowest BCUT2D eigenvalue weighted by molar-refractivity contribution is -0.387. The molecule has 1 aromatic carbocycles. The average molecular weight is 417 g/mol. The van der Waals surface area contributed by atoms with E-state index in [0.29, 0.717) is 4.88 Å². The highest BCUT2D eigenvalue weighted by atomic mass is 32.2. The lowest BCUT2D eigenvalue weighted by Crippen LogP contribution is -2.34. The van der Waals surface area contributed by atoms with E-state index in [4.69, 9.17) is 0 Å². The smallest absolute Gasteiger partial charge is 0.258 e. The highest BCUT2D eigenvalue weighted by molar-refractivity contribution is 7.92. The third-order valence-electron chi connectivity index (χ3n) is 4.24. The van der Waals surface area contributed by atoms with Gasteiger partial charge in [-0.3, -0.25) is 10.1 Å². The number of sulfone groups is 1. The number of benzene rings is 1. The molecule has 2 aromatic rings. The van der Waals surface area contributed by atoms with Crippen LogP contribution in [0.4, 0.5) is 5.69 Å². The third kappa shape index (κ3) is 3.52. The van der Waals surface area contributed by atoms with Gasteiger partial charge in [-0.25, -0.2) is 16.8 Å². The molecule has 1 aromatic heterocycles. The molecule has 0 N–H and O–H groups in total. The Morgan fingerprint density at radius 2 is 1.88 bits per heavy atom. The van der Waals surface area contributed by atoms with Gasteiger partial charge in [0.1, 0.15) is 0 Å². The molecule has 1 aliphatic rings.